The van der Waals surface area contributed by atoms with Crippen LogP contribution in [0.4, 0.5) is 23.2 Å². The maximum Gasteiger partial charge on any atom is 0.490 e. The van der Waals surface area contributed by atoms with Crippen LogP contribution in [0.15, 0.2) is 18.2 Å². The first kappa shape index (κ1) is 39.8. The molecule has 1 fully saturated rings. The average Bonchev–Trinajstić information content (AvgIpc) is 3.64. The highest BCUT2D eigenvalue weighted by Crippen LogP contribution is 2.43. The molecule has 0 radical (unpaired) electrons. The Morgan fingerprint density at radius 1 is 1.00 bits per heavy atom. The van der Waals surface area contributed by atoms with Crippen LogP contribution in [0.25, 0.3) is 0 Å². The summed E-state index contributed by atoms with van der Waals surface area (Å²) >= 11 is 0. The number of benzene rings is 2. The van der Waals surface area contributed by atoms with Gasteiger partial charge in [-0.25, -0.2) is 9.18 Å². The van der Waals surface area contributed by atoms with Gasteiger partial charge in [0.1, 0.15) is 11.6 Å². The van der Waals surface area contributed by atoms with E-state index in [4.69, 9.17) is 39.4 Å². The summed E-state index contributed by atoms with van der Waals surface area (Å²) in [6.07, 6.45) is -3.03. The number of alkyl halides is 3. The highest BCUT2D eigenvalue weighted by molar-refractivity contribution is 6.06. The van der Waals surface area contributed by atoms with Crippen molar-refractivity contribution < 1.29 is 61.1 Å². The van der Waals surface area contributed by atoms with Gasteiger partial charge in [-0.1, -0.05) is 20.8 Å². The minimum Gasteiger partial charge on any atom is -0.493 e. The Hall–Kier alpha value is -4.60. The van der Waals surface area contributed by atoms with Gasteiger partial charge in [0, 0.05) is 44.3 Å². The van der Waals surface area contributed by atoms with E-state index in [0.29, 0.717) is 42.9 Å². The molecule has 276 valence electrons. The fourth-order valence-electron chi connectivity index (χ4n) is 5.63. The SMILES string of the molecule is COc1cc2c(c(F)c1OC)C(=N)N(CC(=O)c1cc(N3CCC(OC)C3)c(OCCCCC(=O)O)c(C(C)(C)C)c1)C2.O=C(O)C(F)(F)F. The third-order valence-electron chi connectivity index (χ3n) is 8.23. The van der Waals surface area contributed by atoms with Crippen LogP contribution in [-0.4, -0.2) is 98.5 Å². The van der Waals surface area contributed by atoms with Gasteiger partial charge in [-0.15, -0.1) is 0 Å². The van der Waals surface area contributed by atoms with Crippen LogP contribution in [0.1, 0.15) is 73.5 Å². The van der Waals surface area contributed by atoms with E-state index in [9.17, 15) is 22.8 Å². The Balaban J connectivity index is 0.000000872. The summed E-state index contributed by atoms with van der Waals surface area (Å²) in [5.41, 5.74) is 2.39. The lowest BCUT2D eigenvalue weighted by molar-refractivity contribution is -0.192. The topological polar surface area (TPSA) is 159 Å². The van der Waals surface area contributed by atoms with Gasteiger partial charge >= 0.3 is 18.1 Å². The molecule has 1 unspecified atom stereocenters. The normalized spacial score (nSPS) is 15.7. The van der Waals surface area contributed by atoms with Gasteiger partial charge in [-0.3, -0.25) is 15.0 Å². The van der Waals surface area contributed by atoms with Crippen LogP contribution in [0.3, 0.4) is 0 Å². The lowest BCUT2D eigenvalue weighted by Crippen LogP contribution is -2.31. The van der Waals surface area contributed by atoms with Crippen molar-refractivity contribution in [2.75, 3.05) is 52.5 Å². The van der Waals surface area contributed by atoms with Gasteiger partial charge < -0.3 is 39.0 Å². The van der Waals surface area contributed by atoms with Crippen molar-refractivity contribution in [1.82, 2.24) is 4.90 Å². The molecule has 0 saturated carbocycles. The number of carboxylic acids is 2. The zero-order valence-electron chi connectivity index (χ0n) is 28.8. The Morgan fingerprint density at radius 3 is 2.18 bits per heavy atom. The van der Waals surface area contributed by atoms with Crippen LogP contribution in [0.2, 0.25) is 0 Å². The van der Waals surface area contributed by atoms with Crippen molar-refractivity contribution in [3.63, 3.8) is 0 Å². The van der Waals surface area contributed by atoms with E-state index in [1.807, 2.05) is 12.1 Å². The number of Topliss-reactive ketones (excluding diaryl/α,β-unsaturated/α-hetero) is 1. The maximum atomic E-state index is 15.3. The summed E-state index contributed by atoms with van der Waals surface area (Å²) in [6.45, 7) is 7.94. The molecular weight excluding hydrogens is 670 g/mol. The molecule has 1 atom stereocenters. The second kappa shape index (κ2) is 16.4. The Labute approximate surface area is 287 Å². The van der Waals surface area contributed by atoms with Gasteiger partial charge in [-0.05, 0) is 48.4 Å². The van der Waals surface area contributed by atoms with Crippen LogP contribution < -0.4 is 19.1 Å². The third kappa shape index (κ3) is 9.55. The number of ether oxygens (including phenoxy) is 4. The third-order valence-corrected chi connectivity index (χ3v) is 8.23. The Bertz CT molecular complexity index is 1590. The van der Waals surface area contributed by atoms with Crippen LogP contribution in [0.5, 0.6) is 17.2 Å². The summed E-state index contributed by atoms with van der Waals surface area (Å²) in [4.78, 5) is 37.4. The summed E-state index contributed by atoms with van der Waals surface area (Å²) in [6, 6.07) is 5.33. The predicted octanol–water partition coefficient (Wildman–Crippen LogP) is 5.66. The first-order chi connectivity index (χ1) is 23.3. The molecule has 3 N–H and O–H groups in total. The number of rotatable bonds is 13. The highest BCUT2D eigenvalue weighted by Gasteiger charge is 2.38. The molecular formula is C34H43F4N3O9. The van der Waals surface area contributed by atoms with Crippen LogP contribution >= 0.6 is 0 Å². The average molecular weight is 714 g/mol. The molecule has 12 nitrogen and oxygen atoms in total. The number of nitrogens with zero attached hydrogens (tertiary/aromatic N) is 2. The number of halogens is 4. The van der Waals surface area contributed by atoms with Crippen molar-refractivity contribution in [3.8, 4) is 17.2 Å². The lowest BCUT2D eigenvalue weighted by atomic mass is 9.84. The van der Waals surface area contributed by atoms with E-state index in [-0.39, 0.29) is 59.7 Å². The molecule has 2 heterocycles. The molecule has 2 aromatic carbocycles. The van der Waals surface area contributed by atoms with Crippen molar-refractivity contribution in [2.45, 2.75) is 70.7 Å². The second-order valence-electron chi connectivity index (χ2n) is 12.8. The fourth-order valence-corrected chi connectivity index (χ4v) is 5.63. The predicted molar refractivity (Wildman–Crippen MR) is 175 cm³/mol. The first-order valence-corrected chi connectivity index (χ1v) is 15.7. The highest BCUT2D eigenvalue weighted by atomic mass is 19.4. The molecule has 0 spiro atoms. The molecule has 0 aliphatic carbocycles. The number of carboxylic acid groups (broad SMARTS) is 2. The second-order valence-corrected chi connectivity index (χ2v) is 12.8. The Kier molecular flexibility index (Phi) is 13.1. The molecule has 2 aliphatic rings. The van der Waals surface area contributed by atoms with E-state index in [2.05, 4.69) is 25.7 Å². The zero-order valence-corrected chi connectivity index (χ0v) is 28.8. The lowest BCUT2D eigenvalue weighted by Gasteiger charge is -2.30. The standard InChI is InChI=1S/C32H42FN3O7.C2HF3O2/c1-32(2,3)22-13-19(14-23(35-11-10-21(17-35)40-4)29(22)43-12-8-7-9-26(38)39)24(37)18-36-16-20-15-25(41-5)30(42-6)28(33)27(20)31(36)34;3-2(4,5)1(6)7/h13-15,21,34H,7-12,16-18H2,1-6H3,(H,38,39);(H,6,7). The molecule has 50 heavy (non-hydrogen) atoms. The molecule has 4 rings (SSSR count). The zero-order chi connectivity index (χ0) is 37.6. The summed E-state index contributed by atoms with van der Waals surface area (Å²) < 4.78 is 69.4. The number of nitrogens with one attached hydrogen (secondary N) is 1. The van der Waals surface area contributed by atoms with E-state index >= 15 is 4.39 Å². The number of aliphatic carboxylic acids is 2. The van der Waals surface area contributed by atoms with Crippen LogP contribution in [-0.2, 0) is 26.3 Å². The van der Waals surface area contributed by atoms with Crippen molar-refractivity contribution in [2.24, 2.45) is 0 Å². The van der Waals surface area contributed by atoms with Crippen LogP contribution in [0, 0.1) is 11.2 Å². The van der Waals surface area contributed by atoms with Gasteiger partial charge in [0.25, 0.3) is 0 Å². The summed E-state index contributed by atoms with van der Waals surface area (Å²) in [5, 5.41) is 24.8. The van der Waals surface area contributed by atoms with Crippen molar-refractivity contribution in [3.05, 3.63) is 46.3 Å². The molecule has 2 aromatic rings. The van der Waals surface area contributed by atoms with Gasteiger partial charge in [0.15, 0.2) is 23.1 Å². The molecule has 2 aliphatic heterocycles. The monoisotopic (exact) mass is 713 g/mol. The number of unbranched alkanes of at least 4 members (excludes halogenated alkanes) is 1. The van der Waals surface area contributed by atoms with Crippen molar-refractivity contribution in [1.29, 1.82) is 5.41 Å². The summed E-state index contributed by atoms with van der Waals surface area (Å²) in [5.74, 6) is -3.72. The van der Waals surface area contributed by atoms with Gasteiger partial charge in [0.2, 0.25) is 0 Å². The van der Waals surface area contributed by atoms with Gasteiger partial charge in [-0.2, -0.15) is 13.2 Å². The molecule has 0 bridgehead atoms. The smallest absolute Gasteiger partial charge is 0.490 e. The molecule has 0 amide bonds. The number of methoxy groups -OCH3 is 3. The molecule has 1 saturated heterocycles. The first-order valence-electron chi connectivity index (χ1n) is 15.7. The number of carbonyl (C=O) groups excluding carboxylic acids is 1. The molecule has 16 heteroatoms. The fraction of sp³-hybridized carbons (Fsp3) is 0.529. The van der Waals surface area contributed by atoms with E-state index in [1.165, 1.54) is 14.2 Å². The van der Waals surface area contributed by atoms with E-state index in [0.717, 1.165) is 24.2 Å². The number of anilines is 1. The van der Waals surface area contributed by atoms with Gasteiger partial charge in [0.05, 0.1) is 44.7 Å². The number of hydrogen-bond donors (Lipinski definition) is 3. The Morgan fingerprint density at radius 2 is 1.66 bits per heavy atom. The number of carbonyl (C=O) groups is 3. The summed E-state index contributed by atoms with van der Waals surface area (Å²) in [7, 11) is 4.45. The number of ketones is 1. The minimum absolute atomic E-state index is 0.0494. The minimum atomic E-state index is -5.08. The molecule has 0 aromatic heterocycles. The number of amidine groups is 1. The van der Waals surface area contributed by atoms with E-state index < -0.39 is 23.9 Å². The quantitative estimate of drug-likeness (QED) is 0.134. The number of hydrogen-bond acceptors (Lipinski definition) is 9. The van der Waals surface area contributed by atoms with E-state index in [1.54, 1.807) is 18.1 Å². The maximum absolute atomic E-state index is 15.3. The van der Waals surface area contributed by atoms with Crippen molar-refractivity contribution >= 4 is 29.2 Å². The largest absolute Gasteiger partial charge is 0.493 e. The number of fused-ring (bicyclic) bond motifs is 1.